The SMILES string of the molecule is CC(Nc1cnc(C(=O)O)cn1)c1cccnc1.O=C(O)C(F)(F)F. The molecule has 0 bridgehead atoms. The van der Waals surface area contributed by atoms with Gasteiger partial charge in [-0.25, -0.2) is 19.6 Å². The van der Waals surface area contributed by atoms with E-state index in [0.29, 0.717) is 5.82 Å². The number of carbonyl (C=O) groups is 2. The number of pyridine rings is 1. The highest BCUT2D eigenvalue weighted by atomic mass is 19.4. The first kappa shape index (κ1) is 19.8. The monoisotopic (exact) mass is 358 g/mol. The van der Waals surface area contributed by atoms with Crippen molar-refractivity contribution in [1.29, 1.82) is 0 Å². The van der Waals surface area contributed by atoms with Crippen molar-refractivity contribution >= 4 is 17.8 Å². The number of aromatic carboxylic acids is 1. The van der Waals surface area contributed by atoms with Gasteiger partial charge in [0.1, 0.15) is 5.82 Å². The smallest absolute Gasteiger partial charge is 0.476 e. The predicted molar refractivity (Wildman–Crippen MR) is 79.0 cm³/mol. The Morgan fingerprint density at radius 1 is 1.16 bits per heavy atom. The molecule has 2 rings (SSSR count). The Labute approximate surface area is 139 Å². The summed E-state index contributed by atoms with van der Waals surface area (Å²) in [5.41, 5.74) is 0.941. The molecule has 25 heavy (non-hydrogen) atoms. The molecular formula is C14H13F3N4O4. The number of nitrogens with one attached hydrogen (secondary N) is 1. The Bertz CT molecular complexity index is 708. The van der Waals surface area contributed by atoms with Crippen molar-refractivity contribution in [2.45, 2.75) is 19.1 Å². The lowest BCUT2D eigenvalue weighted by Gasteiger charge is -2.13. The Morgan fingerprint density at radius 3 is 2.20 bits per heavy atom. The van der Waals surface area contributed by atoms with E-state index in [1.807, 2.05) is 19.1 Å². The van der Waals surface area contributed by atoms with Crippen LogP contribution in [0.15, 0.2) is 36.9 Å². The highest BCUT2D eigenvalue weighted by Gasteiger charge is 2.38. The summed E-state index contributed by atoms with van der Waals surface area (Å²) in [6.07, 6.45) is 1.01. The van der Waals surface area contributed by atoms with Crippen LogP contribution >= 0.6 is 0 Å². The third-order valence-electron chi connectivity index (χ3n) is 2.66. The summed E-state index contributed by atoms with van der Waals surface area (Å²) in [7, 11) is 0. The van der Waals surface area contributed by atoms with Crippen LogP contribution in [-0.4, -0.2) is 43.3 Å². The molecule has 8 nitrogen and oxygen atoms in total. The molecule has 1 atom stereocenters. The molecular weight excluding hydrogens is 345 g/mol. The van der Waals surface area contributed by atoms with Crippen molar-refractivity contribution in [3.05, 3.63) is 48.2 Å². The fourth-order valence-corrected chi connectivity index (χ4v) is 1.45. The molecule has 0 aliphatic carbocycles. The number of hydrogen-bond acceptors (Lipinski definition) is 6. The molecule has 11 heteroatoms. The summed E-state index contributed by atoms with van der Waals surface area (Å²) in [5, 5.41) is 18.9. The Morgan fingerprint density at radius 2 is 1.80 bits per heavy atom. The molecule has 3 N–H and O–H groups in total. The summed E-state index contributed by atoms with van der Waals surface area (Å²) >= 11 is 0. The molecule has 134 valence electrons. The van der Waals surface area contributed by atoms with E-state index in [-0.39, 0.29) is 11.7 Å². The fourth-order valence-electron chi connectivity index (χ4n) is 1.45. The third-order valence-corrected chi connectivity index (χ3v) is 2.66. The molecule has 0 aromatic carbocycles. The molecule has 2 aromatic heterocycles. The van der Waals surface area contributed by atoms with Crippen molar-refractivity contribution in [3.8, 4) is 0 Å². The Hall–Kier alpha value is -3.24. The van der Waals surface area contributed by atoms with Crippen LogP contribution in [0.3, 0.4) is 0 Å². The first-order chi connectivity index (χ1) is 11.6. The van der Waals surface area contributed by atoms with Crippen LogP contribution in [0.1, 0.15) is 29.0 Å². The minimum atomic E-state index is -5.08. The standard InChI is InChI=1S/C12H12N4O2.C2HF3O2/c1-8(9-3-2-4-13-5-9)16-11-7-14-10(6-15-11)12(17)18;3-2(4,5)1(6)7/h2-8H,1H3,(H,15,16)(H,17,18);(H,6,7). The average molecular weight is 358 g/mol. The van der Waals surface area contributed by atoms with E-state index in [1.54, 1.807) is 12.4 Å². The molecule has 0 aliphatic heterocycles. The summed E-state index contributed by atoms with van der Waals surface area (Å²) in [4.78, 5) is 31.3. The lowest BCUT2D eigenvalue weighted by atomic mass is 10.1. The van der Waals surface area contributed by atoms with E-state index < -0.39 is 18.1 Å². The lowest BCUT2D eigenvalue weighted by molar-refractivity contribution is -0.192. The summed E-state index contributed by atoms with van der Waals surface area (Å²) < 4.78 is 31.7. The Balaban J connectivity index is 0.000000381. The first-order valence-electron chi connectivity index (χ1n) is 6.63. The number of alkyl halides is 3. The second kappa shape index (κ2) is 8.57. The second-order valence-electron chi connectivity index (χ2n) is 4.55. The minimum absolute atomic E-state index is 0.0173. The van der Waals surface area contributed by atoms with E-state index in [9.17, 15) is 18.0 Å². The number of aromatic nitrogens is 3. The molecule has 0 amide bonds. The van der Waals surface area contributed by atoms with Gasteiger partial charge in [-0.05, 0) is 18.6 Å². The zero-order valence-electron chi connectivity index (χ0n) is 12.7. The van der Waals surface area contributed by atoms with Crippen LogP contribution in [0.4, 0.5) is 19.0 Å². The minimum Gasteiger partial charge on any atom is -0.476 e. The molecule has 2 heterocycles. The topological polar surface area (TPSA) is 125 Å². The summed E-state index contributed by atoms with van der Waals surface area (Å²) in [5.74, 6) is -3.32. The molecule has 2 aromatic rings. The molecule has 1 unspecified atom stereocenters. The number of aliphatic carboxylic acids is 1. The van der Waals surface area contributed by atoms with Crippen LogP contribution in [0.2, 0.25) is 0 Å². The van der Waals surface area contributed by atoms with Crippen molar-refractivity contribution in [1.82, 2.24) is 15.0 Å². The number of carboxylic acids is 2. The van der Waals surface area contributed by atoms with Gasteiger partial charge in [-0.1, -0.05) is 6.07 Å². The zero-order chi connectivity index (χ0) is 19.0. The first-order valence-corrected chi connectivity index (χ1v) is 6.63. The van der Waals surface area contributed by atoms with Crippen molar-refractivity contribution < 1.29 is 33.0 Å². The van der Waals surface area contributed by atoms with Crippen LogP contribution < -0.4 is 5.32 Å². The van der Waals surface area contributed by atoms with Gasteiger partial charge in [-0.3, -0.25) is 4.98 Å². The van der Waals surface area contributed by atoms with Crippen molar-refractivity contribution in [2.75, 3.05) is 5.32 Å². The van der Waals surface area contributed by atoms with Gasteiger partial charge in [0, 0.05) is 12.4 Å². The summed E-state index contributed by atoms with van der Waals surface area (Å²) in [6, 6.07) is 3.82. The molecule has 0 radical (unpaired) electrons. The molecule has 0 aliphatic rings. The molecule has 0 spiro atoms. The second-order valence-corrected chi connectivity index (χ2v) is 4.55. The van der Waals surface area contributed by atoms with E-state index >= 15 is 0 Å². The molecule has 0 fully saturated rings. The Kier molecular flexibility index (Phi) is 6.79. The maximum atomic E-state index is 10.6. The predicted octanol–water partition coefficient (Wildman–Crippen LogP) is 2.38. The van der Waals surface area contributed by atoms with Gasteiger partial charge in [-0.15, -0.1) is 0 Å². The average Bonchev–Trinajstić information content (AvgIpc) is 2.56. The third kappa shape index (κ3) is 6.81. The van der Waals surface area contributed by atoms with Gasteiger partial charge < -0.3 is 15.5 Å². The quantitative estimate of drug-likeness (QED) is 0.761. The van der Waals surface area contributed by atoms with E-state index in [0.717, 1.165) is 5.56 Å². The molecule has 0 saturated heterocycles. The number of anilines is 1. The number of hydrogen-bond donors (Lipinski definition) is 3. The summed E-state index contributed by atoms with van der Waals surface area (Å²) in [6.45, 7) is 1.96. The van der Waals surface area contributed by atoms with E-state index in [2.05, 4.69) is 20.3 Å². The van der Waals surface area contributed by atoms with E-state index in [1.165, 1.54) is 12.4 Å². The number of nitrogens with zero attached hydrogens (tertiary/aromatic N) is 3. The van der Waals surface area contributed by atoms with Crippen LogP contribution in [0, 0.1) is 0 Å². The van der Waals surface area contributed by atoms with Gasteiger partial charge in [-0.2, -0.15) is 13.2 Å². The van der Waals surface area contributed by atoms with Crippen LogP contribution in [0.25, 0.3) is 0 Å². The van der Waals surface area contributed by atoms with Crippen LogP contribution in [0.5, 0.6) is 0 Å². The van der Waals surface area contributed by atoms with Crippen molar-refractivity contribution in [2.24, 2.45) is 0 Å². The van der Waals surface area contributed by atoms with Gasteiger partial charge in [0.2, 0.25) is 0 Å². The highest BCUT2D eigenvalue weighted by Crippen LogP contribution is 2.15. The van der Waals surface area contributed by atoms with Gasteiger partial charge in [0.15, 0.2) is 5.69 Å². The fraction of sp³-hybridized carbons (Fsp3) is 0.214. The van der Waals surface area contributed by atoms with E-state index in [4.69, 9.17) is 15.0 Å². The van der Waals surface area contributed by atoms with Gasteiger partial charge in [0.05, 0.1) is 18.4 Å². The van der Waals surface area contributed by atoms with Gasteiger partial charge >= 0.3 is 18.1 Å². The zero-order valence-corrected chi connectivity index (χ0v) is 12.7. The number of rotatable bonds is 4. The highest BCUT2D eigenvalue weighted by molar-refractivity contribution is 5.84. The number of halogens is 3. The maximum Gasteiger partial charge on any atom is 0.490 e. The molecule has 0 saturated carbocycles. The van der Waals surface area contributed by atoms with Crippen molar-refractivity contribution in [3.63, 3.8) is 0 Å². The number of carboxylic acid groups (broad SMARTS) is 2. The maximum absolute atomic E-state index is 10.6. The van der Waals surface area contributed by atoms with Gasteiger partial charge in [0.25, 0.3) is 0 Å². The van der Waals surface area contributed by atoms with Crippen LogP contribution in [-0.2, 0) is 4.79 Å². The lowest BCUT2D eigenvalue weighted by Crippen LogP contribution is -2.21. The normalized spacial score (nSPS) is 11.7. The largest absolute Gasteiger partial charge is 0.490 e.